The Morgan fingerprint density at radius 3 is 2.42 bits per heavy atom. The van der Waals surface area contributed by atoms with Gasteiger partial charge in [0.15, 0.2) is 0 Å². The summed E-state index contributed by atoms with van der Waals surface area (Å²) in [5, 5.41) is 13.7. The van der Waals surface area contributed by atoms with Crippen LogP contribution >= 0.6 is 0 Å². The molecule has 3 aromatic rings. The molecule has 3 rings (SSSR count). The maximum absolute atomic E-state index is 12.5. The van der Waals surface area contributed by atoms with E-state index in [1.54, 1.807) is 30.6 Å². The fourth-order valence-electron chi connectivity index (χ4n) is 2.24. The topological polar surface area (TPSA) is 72.0 Å². The van der Waals surface area contributed by atoms with Gasteiger partial charge in [-0.2, -0.15) is 18.2 Å². The summed E-state index contributed by atoms with van der Waals surface area (Å²) in [6.45, 7) is 1.83. The van der Waals surface area contributed by atoms with Crippen molar-refractivity contribution in [2.75, 3.05) is 0 Å². The number of aliphatic hydroxyl groups excluding tert-OH is 1. The van der Waals surface area contributed by atoms with Crippen molar-refractivity contribution in [3.8, 4) is 11.4 Å². The second kappa shape index (κ2) is 6.04. The Bertz CT molecular complexity index is 844. The van der Waals surface area contributed by atoms with Gasteiger partial charge in [0, 0.05) is 18.0 Å². The predicted molar refractivity (Wildman–Crippen MR) is 77.8 cm³/mol. The van der Waals surface area contributed by atoms with Crippen LogP contribution in [0.1, 0.15) is 28.7 Å². The summed E-state index contributed by atoms with van der Waals surface area (Å²) in [4.78, 5) is 7.29. The highest BCUT2D eigenvalue weighted by atomic mass is 19.4. The van der Waals surface area contributed by atoms with Crippen molar-refractivity contribution in [3.63, 3.8) is 0 Å². The summed E-state index contributed by atoms with van der Waals surface area (Å²) in [5.41, 5.74) is 2.49. The Kier molecular flexibility index (Phi) is 4.06. The first-order chi connectivity index (χ1) is 11.4. The third kappa shape index (κ3) is 3.13. The average Bonchev–Trinajstić information content (AvgIpc) is 3.05. The van der Waals surface area contributed by atoms with Gasteiger partial charge in [-0.15, -0.1) is 0 Å². The maximum Gasteiger partial charge on any atom is 0.471 e. The third-order valence-corrected chi connectivity index (χ3v) is 3.51. The van der Waals surface area contributed by atoms with Gasteiger partial charge in [-0.3, -0.25) is 4.98 Å². The summed E-state index contributed by atoms with van der Waals surface area (Å²) in [5.74, 6) is -1.56. The highest BCUT2D eigenvalue weighted by Crippen LogP contribution is 2.30. The van der Waals surface area contributed by atoms with Crippen LogP contribution < -0.4 is 0 Å². The molecule has 124 valence electrons. The SMILES string of the molecule is Cc1cnccc1C(O)c1ccc(-c2noc(C(F)(F)F)n2)cc1. The fourth-order valence-corrected chi connectivity index (χ4v) is 2.24. The van der Waals surface area contributed by atoms with Crippen LogP contribution in [0.2, 0.25) is 0 Å². The van der Waals surface area contributed by atoms with Crippen molar-refractivity contribution in [3.05, 3.63) is 65.3 Å². The normalized spacial score (nSPS) is 13.0. The third-order valence-electron chi connectivity index (χ3n) is 3.51. The molecular formula is C16H12F3N3O2. The molecule has 0 radical (unpaired) electrons. The van der Waals surface area contributed by atoms with Crippen LogP contribution in [0, 0.1) is 6.92 Å². The molecule has 2 heterocycles. The van der Waals surface area contributed by atoms with Gasteiger partial charge in [0.2, 0.25) is 5.82 Å². The second-order valence-corrected chi connectivity index (χ2v) is 5.18. The van der Waals surface area contributed by atoms with Crippen molar-refractivity contribution < 1.29 is 22.8 Å². The number of halogens is 3. The minimum absolute atomic E-state index is 0.163. The predicted octanol–water partition coefficient (Wildman–Crippen LogP) is 3.54. The smallest absolute Gasteiger partial charge is 0.384 e. The molecule has 0 amide bonds. The van der Waals surface area contributed by atoms with E-state index in [9.17, 15) is 18.3 Å². The van der Waals surface area contributed by atoms with Gasteiger partial charge >= 0.3 is 12.1 Å². The van der Waals surface area contributed by atoms with Crippen molar-refractivity contribution in [1.82, 2.24) is 15.1 Å². The van der Waals surface area contributed by atoms with Gasteiger partial charge < -0.3 is 9.63 Å². The molecule has 0 aliphatic heterocycles. The van der Waals surface area contributed by atoms with Crippen molar-refractivity contribution in [2.45, 2.75) is 19.2 Å². The van der Waals surface area contributed by atoms with E-state index in [4.69, 9.17) is 0 Å². The first kappa shape index (κ1) is 16.1. The molecule has 0 saturated heterocycles. The van der Waals surface area contributed by atoms with Crippen LogP contribution in [0.25, 0.3) is 11.4 Å². The zero-order chi connectivity index (χ0) is 17.3. The Morgan fingerprint density at radius 2 is 1.83 bits per heavy atom. The standard InChI is InChI=1S/C16H12F3N3O2/c1-9-8-20-7-6-12(9)13(23)10-2-4-11(5-3-10)14-21-15(24-22-14)16(17,18)19/h2-8,13,23H,1H3. The van der Waals surface area contributed by atoms with Crippen molar-refractivity contribution in [2.24, 2.45) is 0 Å². The van der Waals surface area contributed by atoms with Crippen molar-refractivity contribution >= 4 is 0 Å². The van der Waals surface area contributed by atoms with Gasteiger partial charge in [0.25, 0.3) is 0 Å². The summed E-state index contributed by atoms with van der Waals surface area (Å²) in [7, 11) is 0. The molecule has 0 saturated carbocycles. The Hall–Kier alpha value is -2.74. The highest BCUT2D eigenvalue weighted by molar-refractivity contribution is 5.55. The first-order valence-corrected chi connectivity index (χ1v) is 6.96. The molecule has 1 atom stereocenters. The van der Waals surface area contributed by atoms with Gasteiger partial charge in [-0.25, -0.2) is 0 Å². The van der Waals surface area contributed by atoms with E-state index in [-0.39, 0.29) is 5.82 Å². The van der Waals surface area contributed by atoms with E-state index >= 15 is 0 Å². The van der Waals surface area contributed by atoms with Crippen LogP contribution in [-0.4, -0.2) is 20.2 Å². The molecule has 1 N–H and O–H groups in total. The summed E-state index contributed by atoms with van der Waals surface area (Å²) in [6, 6.07) is 7.97. The van der Waals surface area contributed by atoms with E-state index in [1.165, 1.54) is 12.1 Å². The number of aliphatic hydroxyl groups is 1. The molecule has 2 aromatic heterocycles. The number of nitrogens with zero attached hydrogens (tertiary/aromatic N) is 3. The molecule has 1 aromatic carbocycles. The number of hydrogen-bond donors (Lipinski definition) is 1. The van der Waals surface area contributed by atoms with Crippen molar-refractivity contribution in [1.29, 1.82) is 0 Å². The number of alkyl halides is 3. The average molecular weight is 335 g/mol. The van der Waals surface area contributed by atoms with Crippen LogP contribution in [-0.2, 0) is 6.18 Å². The van der Waals surface area contributed by atoms with Gasteiger partial charge in [0.05, 0.1) is 0 Å². The lowest BCUT2D eigenvalue weighted by atomic mass is 9.98. The van der Waals surface area contributed by atoms with E-state index in [0.29, 0.717) is 16.7 Å². The quantitative estimate of drug-likeness (QED) is 0.792. The minimum Gasteiger partial charge on any atom is -0.384 e. The molecule has 1 unspecified atom stereocenters. The summed E-state index contributed by atoms with van der Waals surface area (Å²) >= 11 is 0. The lowest BCUT2D eigenvalue weighted by molar-refractivity contribution is -0.159. The Labute approximate surface area is 134 Å². The number of aromatic nitrogens is 3. The molecule has 0 bridgehead atoms. The Balaban J connectivity index is 1.86. The number of aryl methyl sites for hydroxylation is 1. The van der Waals surface area contributed by atoms with Crippen LogP contribution in [0.5, 0.6) is 0 Å². The molecule has 24 heavy (non-hydrogen) atoms. The lowest BCUT2D eigenvalue weighted by Crippen LogP contribution is -2.04. The van der Waals surface area contributed by atoms with Gasteiger partial charge in [0.1, 0.15) is 6.10 Å². The van der Waals surface area contributed by atoms with E-state index in [1.807, 2.05) is 6.92 Å². The first-order valence-electron chi connectivity index (χ1n) is 6.96. The van der Waals surface area contributed by atoms with E-state index < -0.39 is 18.2 Å². The molecular weight excluding hydrogens is 323 g/mol. The van der Waals surface area contributed by atoms with E-state index in [0.717, 1.165) is 5.56 Å². The molecule has 5 nitrogen and oxygen atoms in total. The maximum atomic E-state index is 12.5. The number of pyridine rings is 1. The van der Waals surface area contributed by atoms with Crippen LogP contribution in [0.4, 0.5) is 13.2 Å². The molecule has 0 aliphatic rings. The van der Waals surface area contributed by atoms with Crippen LogP contribution in [0.15, 0.2) is 47.2 Å². The monoisotopic (exact) mass is 335 g/mol. The highest BCUT2D eigenvalue weighted by Gasteiger charge is 2.38. The Morgan fingerprint density at radius 1 is 1.12 bits per heavy atom. The zero-order valence-electron chi connectivity index (χ0n) is 12.4. The number of benzene rings is 1. The van der Waals surface area contributed by atoms with Gasteiger partial charge in [-0.05, 0) is 29.7 Å². The van der Waals surface area contributed by atoms with Crippen LogP contribution in [0.3, 0.4) is 0 Å². The number of rotatable bonds is 3. The molecule has 0 fully saturated rings. The lowest BCUT2D eigenvalue weighted by Gasteiger charge is -2.13. The molecule has 0 spiro atoms. The minimum atomic E-state index is -4.68. The number of hydrogen-bond acceptors (Lipinski definition) is 5. The summed E-state index contributed by atoms with van der Waals surface area (Å²) in [6.07, 6.45) is -2.32. The molecule has 0 aliphatic carbocycles. The summed E-state index contributed by atoms with van der Waals surface area (Å²) < 4.78 is 41.6. The molecule has 8 heteroatoms. The fraction of sp³-hybridized carbons (Fsp3) is 0.188. The second-order valence-electron chi connectivity index (χ2n) is 5.18. The van der Waals surface area contributed by atoms with Gasteiger partial charge in [-0.1, -0.05) is 29.4 Å². The zero-order valence-corrected chi connectivity index (χ0v) is 12.4. The van der Waals surface area contributed by atoms with E-state index in [2.05, 4.69) is 19.6 Å². The largest absolute Gasteiger partial charge is 0.471 e.